The number of hydrogen-bond donors (Lipinski definition) is 2. The Morgan fingerprint density at radius 1 is 1.50 bits per heavy atom. The number of nitrogens with zero attached hydrogens (tertiary/aromatic N) is 1. The van der Waals surface area contributed by atoms with E-state index < -0.39 is 11.9 Å². The highest BCUT2D eigenvalue weighted by Gasteiger charge is 2.16. The maximum Gasteiger partial charge on any atom is 0.270 e. The van der Waals surface area contributed by atoms with Gasteiger partial charge in [0.05, 0.1) is 0 Å². The highest BCUT2D eigenvalue weighted by molar-refractivity contribution is 6.30. The summed E-state index contributed by atoms with van der Waals surface area (Å²) in [5.74, 6) is -0.635. The van der Waals surface area contributed by atoms with E-state index >= 15 is 0 Å². The monoisotopic (exact) mass is 269 g/mol. The van der Waals surface area contributed by atoms with Crippen LogP contribution >= 0.6 is 11.6 Å². The number of nitrogens with one attached hydrogen (secondary N) is 2. The number of pyridine rings is 1. The van der Waals surface area contributed by atoms with Crippen LogP contribution in [0, 0.1) is 0 Å². The fourth-order valence-electron chi connectivity index (χ4n) is 1.27. The van der Waals surface area contributed by atoms with Gasteiger partial charge in [0.15, 0.2) is 0 Å². The number of aromatic nitrogens is 1. The predicted octanol–water partition coefficient (Wildman–Crippen LogP) is 1.38. The molecule has 18 heavy (non-hydrogen) atoms. The molecule has 5 nitrogen and oxygen atoms in total. The van der Waals surface area contributed by atoms with Crippen LogP contribution in [0.25, 0.3) is 0 Å². The van der Waals surface area contributed by atoms with Gasteiger partial charge in [0.1, 0.15) is 11.7 Å². The van der Waals surface area contributed by atoms with Gasteiger partial charge in [-0.1, -0.05) is 18.5 Å². The summed E-state index contributed by atoms with van der Waals surface area (Å²) >= 11 is 5.76. The molecular weight excluding hydrogens is 254 g/mol. The van der Waals surface area contributed by atoms with Crippen LogP contribution in [0.4, 0.5) is 0 Å². The lowest BCUT2D eigenvalue weighted by Crippen LogP contribution is -2.45. The Morgan fingerprint density at radius 3 is 2.83 bits per heavy atom. The molecule has 0 aliphatic carbocycles. The quantitative estimate of drug-likeness (QED) is 0.848. The van der Waals surface area contributed by atoms with Crippen molar-refractivity contribution in [1.82, 2.24) is 15.6 Å². The zero-order valence-electron chi connectivity index (χ0n) is 10.4. The summed E-state index contributed by atoms with van der Waals surface area (Å²) in [6, 6.07) is 2.42. The number of carbonyl (C=O) groups is 2. The van der Waals surface area contributed by atoms with Crippen molar-refractivity contribution in [3.8, 4) is 0 Å². The SMILES string of the molecule is CCCNC(=O)C(C)NC(=O)c1cc(Cl)ccn1. The topological polar surface area (TPSA) is 71.1 Å². The lowest BCUT2D eigenvalue weighted by molar-refractivity contribution is -0.122. The van der Waals surface area contributed by atoms with Gasteiger partial charge in [0.25, 0.3) is 5.91 Å². The van der Waals surface area contributed by atoms with Crippen LogP contribution in [0.15, 0.2) is 18.3 Å². The van der Waals surface area contributed by atoms with Gasteiger partial charge in [-0.2, -0.15) is 0 Å². The Balaban J connectivity index is 2.56. The normalized spacial score (nSPS) is 11.7. The number of rotatable bonds is 5. The van der Waals surface area contributed by atoms with Gasteiger partial charge in [-0.3, -0.25) is 14.6 Å². The summed E-state index contributed by atoms with van der Waals surface area (Å²) < 4.78 is 0. The van der Waals surface area contributed by atoms with Gasteiger partial charge in [-0.15, -0.1) is 0 Å². The highest BCUT2D eigenvalue weighted by atomic mass is 35.5. The van der Waals surface area contributed by atoms with Gasteiger partial charge in [-0.05, 0) is 25.5 Å². The molecule has 0 aliphatic heterocycles. The van der Waals surface area contributed by atoms with Crippen LogP contribution in [-0.2, 0) is 4.79 Å². The first-order valence-corrected chi connectivity index (χ1v) is 6.12. The van der Waals surface area contributed by atoms with E-state index in [9.17, 15) is 9.59 Å². The van der Waals surface area contributed by atoms with Crippen molar-refractivity contribution in [2.45, 2.75) is 26.3 Å². The van der Waals surface area contributed by atoms with E-state index in [0.29, 0.717) is 11.6 Å². The van der Waals surface area contributed by atoms with Crippen LogP contribution in [0.2, 0.25) is 5.02 Å². The molecule has 2 N–H and O–H groups in total. The van der Waals surface area contributed by atoms with E-state index in [0.717, 1.165) is 6.42 Å². The summed E-state index contributed by atoms with van der Waals surface area (Å²) in [5, 5.41) is 5.69. The molecule has 6 heteroatoms. The summed E-state index contributed by atoms with van der Waals surface area (Å²) in [6.07, 6.45) is 2.29. The molecular formula is C12H16ClN3O2. The molecule has 0 fully saturated rings. The largest absolute Gasteiger partial charge is 0.354 e. The number of halogens is 1. The Kier molecular flexibility index (Phi) is 5.58. The van der Waals surface area contributed by atoms with Crippen LogP contribution < -0.4 is 10.6 Å². The minimum atomic E-state index is -0.607. The molecule has 0 aromatic carbocycles. The van der Waals surface area contributed by atoms with Gasteiger partial charge in [0, 0.05) is 17.8 Å². The molecule has 1 rings (SSSR count). The molecule has 1 aromatic rings. The van der Waals surface area contributed by atoms with Crippen molar-refractivity contribution < 1.29 is 9.59 Å². The second kappa shape index (κ2) is 6.96. The van der Waals surface area contributed by atoms with Gasteiger partial charge >= 0.3 is 0 Å². The predicted molar refractivity (Wildman–Crippen MR) is 69.5 cm³/mol. The summed E-state index contributed by atoms with van der Waals surface area (Å²) in [5.41, 5.74) is 0.192. The summed E-state index contributed by atoms with van der Waals surface area (Å²) in [4.78, 5) is 27.2. The molecule has 1 atom stereocenters. The number of carbonyl (C=O) groups excluding carboxylic acids is 2. The first kappa shape index (κ1) is 14.4. The Labute approximate surface area is 111 Å². The molecule has 0 radical (unpaired) electrons. The third-order valence-electron chi connectivity index (χ3n) is 2.24. The fourth-order valence-corrected chi connectivity index (χ4v) is 1.43. The molecule has 1 heterocycles. The molecule has 0 aliphatic rings. The Hall–Kier alpha value is -1.62. The number of amides is 2. The second-order valence-electron chi connectivity index (χ2n) is 3.85. The third kappa shape index (κ3) is 4.33. The first-order chi connectivity index (χ1) is 8.54. The Morgan fingerprint density at radius 2 is 2.22 bits per heavy atom. The summed E-state index contributed by atoms with van der Waals surface area (Å²) in [7, 11) is 0. The van der Waals surface area contributed by atoms with Crippen molar-refractivity contribution in [2.75, 3.05) is 6.54 Å². The molecule has 2 amide bonds. The van der Waals surface area contributed by atoms with E-state index in [1.165, 1.54) is 12.3 Å². The lowest BCUT2D eigenvalue weighted by Gasteiger charge is -2.13. The zero-order chi connectivity index (χ0) is 13.5. The van der Waals surface area contributed by atoms with Gasteiger partial charge in [0.2, 0.25) is 5.91 Å². The summed E-state index contributed by atoms with van der Waals surface area (Å²) in [6.45, 7) is 4.17. The van der Waals surface area contributed by atoms with E-state index in [-0.39, 0.29) is 11.6 Å². The van der Waals surface area contributed by atoms with Crippen LogP contribution in [-0.4, -0.2) is 29.4 Å². The molecule has 0 bridgehead atoms. The standard InChI is InChI=1S/C12H16ClN3O2/c1-3-5-15-11(17)8(2)16-12(18)10-7-9(13)4-6-14-10/h4,6-8H,3,5H2,1-2H3,(H,15,17)(H,16,18). The van der Waals surface area contributed by atoms with Crippen LogP contribution in [0.5, 0.6) is 0 Å². The van der Waals surface area contributed by atoms with E-state index in [1.807, 2.05) is 6.92 Å². The van der Waals surface area contributed by atoms with Crippen molar-refractivity contribution >= 4 is 23.4 Å². The molecule has 0 spiro atoms. The molecule has 1 unspecified atom stereocenters. The first-order valence-electron chi connectivity index (χ1n) is 5.74. The minimum Gasteiger partial charge on any atom is -0.354 e. The van der Waals surface area contributed by atoms with E-state index in [1.54, 1.807) is 13.0 Å². The van der Waals surface area contributed by atoms with Crippen molar-refractivity contribution in [1.29, 1.82) is 0 Å². The zero-order valence-corrected chi connectivity index (χ0v) is 11.1. The average molecular weight is 270 g/mol. The number of hydrogen-bond acceptors (Lipinski definition) is 3. The van der Waals surface area contributed by atoms with Crippen LogP contribution in [0.1, 0.15) is 30.8 Å². The smallest absolute Gasteiger partial charge is 0.270 e. The third-order valence-corrected chi connectivity index (χ3v) is 2.48. The lowest BCUT2D eigenvalue weighted by atomic mass is 10.2. The van der Waals surface area contributed by atoms with E-state index in [4.69, 9.17) is 11.6 Å². The van der Waals surface area contributed by atoms with Crippen molar-refractivity contribution in [2.24, 2.45) is 0 Å². The van der Waals surface area contributed by atoms with Crippen LogP contribution in [0.3, 0.4) is 0 Å². The fraction of sp³-hybridized carbons (Fsp3) is 0.417. The van der Waals surface area contributed by atoms with Gasteiger partial charge < -0.3 is 10.6 Å². The minimum absolute atomic E-state index is 0.192. The van der Waals surface area contributed by atoms with Gasteiger partial charge in [-0.25, -0.2) is 0 Å². The molecule has 0 saturated heterocycles. The highest BCUT2D eigenvalue weighted by Crippen LogP contribution is 2.07. The molecule has 0 saturated carbocycles. The maximum absolute atomic E-state index is 11.8. The van der Waals surface area contributed by atoms with E-state index in [2.05, 4.69) is 15.6 Å². The van der Waals surface area contributed by atoms with Crippen molar-refractivity contribution in [3.05, 3.63) is 29.0 Å². The second-order valence-corrected chi connectivity index (χ2v) is 4.28. The Bertz CT molecular complexity index is 437. The maximum atomic E-state index is 11.8. The average Bonchev–Trinajstić information content (AvgIpc) is 2.35. The van der Waals surface area contributed by atoms with Crippen molar-refractivity contribution in [3.63, 3.8) is 0 Å². The molecule has 1 aromatic heterocycles. The molecule has 98 valence electrons.